The maximum atomic E-state index is 13.0. The zero-order valence-electron chi connectivity index (χ0n) is 35.2. The number of hydrazine groups is 1. The van der Waals surface area contributed by atoms with Gasteiger partial charge in [0.15, 0.2) is 18.5 Å². The smallest absolute Gasteiger partial charge is 0.303 e. The van der Waals surface area contributed by atoms with Gasteiger partial charge in [-0.15, -0.1) is 0 Å². The second kappa shape index (κ2) is 24.9. The van der Waals surface area contributed by atoms with E-state index in [1.807, 2.05) is 54.6 Å². The molecule has 0 radical (unpaired) electrons. The summed E-state index contributed by atoms with van der Waals surface area (Å²) in [5.74, 6) is -2.92. The molecule has 6 unspecified atom stereocenters. The summed E-state index contributed by atoms with van der Waals surface area (Å²) >= 11 is 0. The number of hydrogen-bond donors (Lipinski definition) is 6. The van der Waals surface area contributed by atoms with E-state index in [1.165, 1.54) is 13.8 Å². The molecule has 3 aromatic rings. The third-order valence-electron chi connectivity index (χ3n) is 9.78. The third kappa shape index (κ3) is 14.4. The molecule has 6 atom stereocenters. The molecule has 0 spiro atoms. The molecular formula is C44H60N6O11. The molecule has 1 aliphatic heterocycles. The first-order chi connectivity index (χ1) is 29.4. The average molecular weight is 849 g/mol. The monoisotopic (exact) mass is 848 g/mol. The average Bonchev–Trinajstić information content (AvgIpc) is 3.23. The fourth-order valence-corrected chi connectivity index (χ4v) is 7.30. The first-order valence-corrected chi connectivity index (χ1v) is 20.5. The van der Waals surface area contributed by atoms with Crippen LogP contribution in [0, 0.1) is 0 Å². The van der Waals surface area contributed by atoms with Crippen molar-refractivity contribution in [2.75, 3.05) is 39.3 Å². The van der Waals surface area contributed by atoms with Crippen LogP contribution in [0.5, 0.6) is 0 Å². The Balaban J connectivity index is 1.37. The molecule has 1 aliphatic rings. The number of nitrogens with one attached hydrogen (secondary N) is 4. The van der Waals surface area contributed by atoms with Crippen LogP contribution >= 0.6 is 0 Å². The van der Waals surface area contributed by atoms with Crippen molar-refractivity contribution in [1.82, 2.24) is 26.4 Å². The number of rotatable bonds is 24. The number of carbonyl (C=O) groups is 5. The maximum Gasteiger partial charge on any atom is 0.303 e. The number of hydrogen-bond acceptors (Lipinski definition) is 15. The Morgan fingerprint density at radius 2 is 1.31 bits per heavy atom. The molecule has 7 N–H and O–H groups in total. The molecular weight excluding hydrogens is 789 g/mol. The van der Waals surface area contributed by atoms with Crippen molar-refractivity contribution in [1.29, 1.82) is 0 Å². The molecule has 1 fully saturated rings. The standard InChI is InChI=1S/C44H60N6O11/c1-30(51)49-39-41(59-33(4)54)40(58-32(3)53)37(29-57-31(2)52)60-42(39)61-43(56)47-25-14-23-38(55)46-26-16-28-50(48-27-15-24-45)44(34-17-8-5-9-18-34,35-19-10-6-11-20-35)36-21-12-7-13-22-36/h5-13,17-22,37,39-43,47-48,56H,14-16,23-29,45H2,1-4H3,(H,46,55)(H,49,51). The molecule has 2 amide bonds. The Morgan fingerprint density at radius 3 is 1.82 bits per heavy atom. The Morgan fingerprint density at radius 1 is 0.754 bits per heavy atom. The van der Waals surface area contributed by atoms with Crippen molar-refractivity contribution >= 4 is 29.7 Å². The van der Waals surface area contributed by atoms with Crippen LogP contribution in [0.2, 0.25) is 0 Å². The minimum atomic E-state index is -1.68. The number of nitrogens with zero attached hydrogens (tertiary/aromatic N) is 1. The SMILES string of the molecule is CC(=O)NC1C(OC(O)NCCCC(=O)NCCCN(NCCCN)C(c2ccccc2)(c2ccccc2)c2ccccc2)OC(COC(C)=O)C(OC(C)=O)C1OC(C)=O. The van der Waals surface area contributed by atoms with Gasteiger partial charge < -0.3 is 45.2 Å². The lowest BCUT2D eigenvalue weighted by Crippen LogP contribution is -2.67. The fraction of sp³-hybridized carbons (Fsp3) is 0.477. The van der Waals surface area contributed by atoms with Gasteiger partial charge in [-0.05, 0) is 42.5 Å². The van der Waals surface area contributed by atoms with Gasteiger partial charge in [-0.2, -0.15) is 0 Å². The number of amides is 2. The number of aliphatic hydroxyl groups excluding tert-OH is 1. The van der Waals surface area contributed by atoms with Gasteiger partial charge in [0, 0.05) is 60.3 Å². The van der Waals surface area contributed by atoms with Crippen LogP contribution in [0.4, 0.5) is 0 Å². The van der Waals surface area contributed by atoms with E-state index in [1.54, 1.807) is 0 Å². The zero-order chi connectivity index (χ0) is 44.2. The van der Waals surface area contributed by atoms with E-state index in [-0.39, 0.29) is 18.9 Å². The largest absolute Gasteiger partial charge is 0.463 e. The fourth-order valence-electron chi connectivity index (χ4n) is 7.30. The molecule has 0 aliphatic carbocycles. The number of aliphatic hydroxyl groups is 1. The molecule has 3 aromatic carbocycles. The number of benzene rings is 3. The van der Waals surface area contributed by atoms with Crippen LogP contribution in [0.1, 0.15) is 70.1 Å². The molecule has 1 heterocycles. The van der Waals surface area contributed by atoms with Gasteiger partial charge in [-0.25, -0.2) is 5.01 Å². The van der Waals surface area contributed by atoms with Crippen molar-refractivity contribution < 1.29 is 52.8 Å². The van der Waals surface area contributed by atoms with E-state index in [2.05, 4.69) is 62.8 Å². The first-order valence-electron chi connectivity index (χ1n) is 20.5. The molecule has 61 heavy (non-hydrogen) atoms. The lowest BCUT2D eigenvalue weighted by Gasteiger charge is -2.46. The Hall–Kier alpha value is -5.27. The highest BCUT2D eigenvalue weighted by Crippen LogP contribution is 2.41. The Bertz CT molecular complexity index is 1730. The minimum Gasteiger partial charge on any atom is -0.463 e. The molecule has 332 valence electrons. The second-order valence-corrected chi connectivity index (χ2v) is 14.5. The molecule has 17 nitrogen and oxygen atoms in total. The predicted molar refractivity (Wildman–Crippen MR) is 224 cm³/mol. The van der Waals surface area contributed by atoms with Crippen molar-refractivity contribution in [3.05, 3.63) is 108 Å². The molecule has 4 rings (SSSR count). The van der Waals surface area contributed by atoms with Crippen molar-refractivity contribution in [3.63, 3.8) is 0 Å². The summed E-state index contributed by atoms with van der Waals surface area (Å²) in [5.41, 5.74) is 12.1. The van der Waals surface area contributed by atoms with Crippen molar-refractivity contribution in [3.8, 4) is 0 Å². The molecule has 0 bridgehead atoms. The van der Waals surface area contributed by atoms with Gasteiger partial charge >= 0.3 is 17.9 Å². The number of esters is 3. The highest BCUT2D eigenvalue weighted by molar-refractivity contribution is 5.75. The lowest BCUT2D eigenvalue weighted by molar-refractivity contribution is -0.313. The highest BCUT2D eigenvalue weighted by atomic mass is 16.8. The second-order valence-electron chi connectivity index (χ2n) is 14.5. The normalized spacial score (nSPS) is 19.4. The molecule has 0 saturated carbocycles. The first kappa shape index (κ1) is 48.4. The molecule has 17 heteroatoms. The van der Waals surface area contributed by atoms with E-state index in [9.17, 15) is 29.1 Å². The predicted octanol–water partition coefficient (Wildman–Crippen LogP) is 1.96. The van der Waals surface area contributed by atoms with Crippen LogP contribution < -0.4 is 27.1 Å². The van der Waals surface area contributed by atoms with Crippen LogP contribution in [-0.4, -0.2) is 116 Å². The molecule has 0 aromatic heterocycles. The third-order valence-corrected chi connectivity index (χ3v) is 9.78. The molecule has 1 saturated heterocycles. The Labute approximate surface area is 356 Å². The van der Waals surface area contributed by atoms with E-state index in [0.29, 0.717) is 39.0 Å². The van der Waals surface area contributed by atoms with E-state index in [0.717, 1.165) is 37.0 Å². The van der Waals surface area contributed by atoms with Gasteiger partial charge in [0.1, 0.15) is 24.3 Å². The van der Waals surface area contributed by atoms with Crippen molar-refractivity contribution in [2.24, 2.45) is 5.73 Å². The van der Waals surface area contributed by atoms with Crippen LogP contribution in [0.15, 0.2) is 91.0 Å². The summed E-state index contributed by atoms with van der Waals surface area (Å²) in [6, 6.07) is 29.7. The number of nitrogens with two attached hydrogens (primary N) is 1. The maximum absolute atomic E-state index is 13.0. The number of ether oxygens (including phenoxy) is 5. The summed E-state index contributed by atoms with van der Waals surface area (Å²) < 4.78 is 27.6. The van der Waals surface area contributed by atoms with E-state index in [4.69, 9.17) is 29.4 Å². The van der Waals surface area contributed by atoms with Crippen LogP contribution in [0.3, 0.4) is 0 Å². The van der Waals surface area contributed by atoms with Crippen LogP contribution in [-0.2, 0) is 53.2 Å². The van der Waals surface area contributed by atoms with E-state index < -0.39 is 73.0 Å². The lowest BCUT2D eigenvalue weighted by atomic mass is 9.76. The highest BCUT2D eigenvalue weighted by Gasteiger charge is 2.52. The zero-order valence-corrected chi connectivity index (χ0v) is 35.2. The minimum absolute atomic E-state index is 0.137. The summed E-state index contributed by atoms with van der Waals surface area (Å²) in [6.07, 6.45) is -5.18. The topological polar surface area (TPSA) is 229 Å². The van der Waals surface area contributed by atoms with Gasteiger partial charge in [-0.3, -0.25) is 34.7 Å². The van der Waals surface area contributed by atoms with Gasteiger partial charge in [0.05, 0.1) is 0 Å². The summed E-state index contributed by atoms with van der Waals surface area (Å²) in [5, 5.41) is 21.4. The quantitative estimate of drug-likeness (QED) is 0.0189. The number of carbonyl (C=O) groups excluding carboxylic acids is 5. The van der Waals surface area contributed by atoms with E-state index >= 15 is 0 Å². The summed E-state index contributed by atoms with van der Waals surface area (Å²) in [7, 11) is 0. The van der Waals surface area contributed by atoms with Crippen LogP contribution in [0.25, 0.3) is 0 Å². The summed E-state index contributed by atoms with van der Waals surface area (Å²) in [6.45, 7) is 6.49. The van der Waals surface area contributed by atoms with Crippen molar-refractivity contribution in [2.45, 2.75) is 96.0 Å². The van der Waals surface area contributed by atoms with Gasteiger partial charge in [-0.1, -0.05) is 91.0 Å². The Kier molecular flexibility index (Phi) is 19.7. The van der Waals surface area contributed by atoms with Gasteiger partial charge in [0.25, 0.3) is 0 Å². The summed E-state index contributed by atoms with van der Waals surface area (Å²) in [4.78, 5) is 61.0. The van der Waals surface area contributed by atoms with Gasteiger partial charge in [0.2, 0.25) is 18.2 Å².